The van der Waals surface area contributed by atoms with Gasteiger partial charge in [-0.25, -0.2) is 0 Å². The summed E-state index contributed by atoms with van der Waals surface area (Å²) in [7, 11) is 1.27. The van der Waals surface area contributed by atoms with Crippen molar-refractivity contribution < 1.29 is 22.0 Å². The first-order chi connectivity index (χ1) is 9.87. The zero-order chi connectivity index (χ0) is 15.9. The Morgan fingerprint density at radius 1 is 1.10 bits per heavy atom. The lowest BCUT2D eigenvalue weighted by Gasteiger charge is -2.25. The van der Waals surface area contributed by atoms with Crippen molar-refractivity contribution in [3.05, 3.63) is 35.4 Å². The molecule has 0 aliphatic carbocycles. The van der Waals surface area contributed by atoms with Crippen LogP contribution >= 0.6 is 0 Å². The molecule has 1 aromatic rings. The molecular weight excluding hydrogens is 297 g/mol. The van der Waals surface area contributed by atoms with Crippen molar-refractivity contribution in [1.82, 2.24) is 0 Å². The molecule has 2 nitrogen and oxygen atoms in total. The van der Waals surface area contributed by atoms with Crippen LogP contribution in [0.25, 0.3) is 0 Å². The molecule has 0 spiro atoms. The Hall–Kier alpha value is -0.853. The highest BCUT2D eigenvalue weighted by atomic mass is 28.4. The van der Waals surface area contributed by atoms with Gasteiger partial charge >= 0.3 is 14.7 Å². The van der Waals surface area contributed by atoms with Gasteiger partial charge in [0.05, 0.1) is 5.56 Å². The van der Waals surface area contributed by atoms with E-state index in [0.29, 0.717) is 6.42 Å². The summed E-state index contributed by atoms with van der Waals surface area (Å²) in [6.45, 7) is 2.05. The summed E-state index contributed by atoms with van der Waals surface area (Å²) in [5.41, 5.74) is 0.148. The Labute approximate surface area is 125 Å². The summed E-state index contributed by atoms with van der Waals surface area (Å²) in [6, 6.07) is 7.30. The second-order valence-electron chi connectivity index (χ2n) is 5.08. The summed E-state index contributed by atoms with van der Waals surface area (Å²) in [6.07, 6.45) is -1.89. The predicted octanol–water partition coefficient (Wildman–Crippen LogP) is 4.78. The van der Waals surface area contributed by atoms with Crippen LogP contribution < -0.4 is 0 Å². The van der Waals surface area contributed by atoms with Crippen molar-refractivity contribution in [3.8, 4) is 0 Å². The van der Waals surface area contributed by atoms with Crippen LogP contribution in [-0.2, 0) is 21.4 Å². The Balaban J connectivity index is 2.50. The first-order valence-corrected chi connectivity index (χ1v) is 9.36. The van der Waals surface area contributed by atoms with E-state index in [0.717, 1.165) is 36.6 Å². The highest BCUT2D eigenvalue weighted by Crippen LogP contribution is 2.30. The molecule has 120 valence electrons. The molecule has 0 aliphatic rings. The summed E-state index contributed by atoms with van der Waals surface area (Å²) in [5.74, 6) is 0. The zero-order valence-electron chi connectivity index (χ0n) is 12.8. The van der Waals surface area contributed by atoms with Crippen LogP contribution in [0.3, 0.4) is 0 Å². The molecule has 0 fully saturated rings. The number of rotatable bonds is 8. The van der Waals surface area contributed by atoms with Crippen LogP contribution in [0.15, 0.2) is 24.3 Å². The molecule has 0 amide bonds. The minimum atomic E-state index is -4.27. The van der Waals surface area contributed by atoms with Gasteiger partial charge in [0, 0.05) is 14.2 Å². The Kier molecular flexibility index (Phi) is 6.90. The van der Waals surface area contributed by atoms with Crippen molar-refractivity contribution in [1.29, 1.82) is 0 Å². The second-order valence-corrected chi connectivity index (χ2v) is 8.92. The van der Waals surface area contributed by atoms with E-state index in [4.69, 9.17) is 8.85 Å². The van der Waals surface area contributed by atoms with E-state index in [1.54, 1.807) is 20.3 Å². The van der Waals surface area contributed by atoms with Gasteiger partial charge < -0.3 is 8.85 Å². The van der Waals surface area contributed by atoms with Gasteiger partial charge in [0.15, 0.2) is 0 Å². The monoisotopic (exact) mass is 320 g/mol. The molecule has 0 bridgehead atoms. The van der Waals surface area contributed by atoms with Crippen molar-refractivity contribution in [2.75, 3.05) is 14.2 Å². The van der Waals surface area contributed by atoms with Crippen molar-refractivity contribution in [2.24, 2.45) is 0 Å². The summed E-state index contributed by atoms with van der Waals surface area (Å²) in [5, 5.41) is 0. The maximum atomic E-state index is 12.6. The molecule has 6 heteroatoms. The normalized spacial score (nSPS) is 12.7. The van der Waals surface area contributed by atoms with Crippen LogP contribution in [0.2, 0.25) is 12.1 Å². The van der Waals surface area contributed by atoms with Gasteiger partial charge in [0.1, 0.15) is 0 Å². The molecule has 0 saturated carbocycles. The van der Waals surface area contributed by atoms with Crippen LogP contribution in [0.5, 0.6) is 0 Å². The van der Waals surface area contributed by atoms with Gasteiger partial charge in [-0.05, 0) is 36.6 Å². The number of hydrogen-bond donors (Lipinski definition) is 0. The average Bonchev–Trinajstić information content (AvgIpc) is 2.48. The number of benzene rings is 1. The number of aryl methyl sites for hydroxylation is 1. The molecular formula is C15H23F3O2Si. The molecule has 0 heterocycles. The minimum Gasteiger partial charge on any atom is -0.398 e. The van der Waals surface area contributed by atoms with E-state index < -0.39 is 20.3 Å². The number of halogens is 3. The third-order valence-electron chi connectivity index (χ3n) is 3.81. The van der Waals surface area contributed by atoms with Crippen LogP contribution in [0.1, 0.15) is 30.9 Å². The van der Waals surface area contributed by atoms with Crippen molar-refractivity contribution >= 4 is 8.56 Å². The lowest BCUT2D eigenvalue weighted by Crippen LogP contribution is -2.38. The fraction of sp³-hybridized carbons (Fsp3) is 0.600. The average molecular weight is 320 g/mol. The first kappa shape index (κ1) is 18.2. The summed E-state index contributed by atoms with van der Waals surface area (Å²) in [4.78, 5) is 0. The number of unbranched alkanes of at least 4 members (excludes halogenated alkanes) is 1. The standard InChI is InChI=1S/C15H23F3O2Si/c1-4-21(19-2,20-3)11-6-5-8-13-9-7-10-14(12-13)15(16,17)18/h7,9-10,12H,4-6,8,11H2,1-3H3. The molecule has 1 aromatic carbocycles. The van der Waals surface area contributed by atoms with E-state index >= 15 is 0 Å². The quantitative estimate of drug-likeness (QED) is 0.507. The van der Waals surface area contributed by atoms with E-state index in [9.17, 15) is 13.2 Å². The van der Waals surface area contributed by atoms with E-state index in [2.05, 4.69) is 0 Å². The Morgan fingerprint density at radius 3 is 2.29 bits per heavy atom. The molecule has 0 atom stereocenters. The Morgan fingerprint density at radius 2 is 1.76 bits per heavy atom. The topological polar surface area (TPSA) is 18.5 Å². The largest absolute Gasteiger partial charge is 0.416 e. The third kappa shape index (κ3) is 5.45. The van der Waals surface area contributed by atoms with Gasteiger partial charge in [-0.3, -0.25) is 0 Å². The second kappa shape index (κ2) is 7.96. The number of alkyl halides is 3. The fourth-order valence-electron chi connectivity index (χ4n) is 2.38. The third-order valence-corrected chi connectivity index (χ3v) is 7.49. The van der Waals surface area contributed by atoms with E-state index in [1.165, 1.54) is 12.1 Å². The van der Waals surface area contributed by atoms with Crippen LogP contribution in [0, 0.1) is 0 Å². The summed E-state index contributed by atoms with van der Waals surface area (Å²) < 4.78 is 48.9. The molecule has 0 unspecified atom stereocenters. The van der Waals surface area contributed by atoms with Gasteiger partial charge in [0.25, 0.3) is 0 Å². The van der Waals surface area contributed by atoms with E-state index in [1.807, 2.05) is 6.92 Å². The lowest BCUT2D eigenvalue weighted by molar-refractivity contribution is -0.137. The van der Waals surface area contributed by atoms with Crippen molar-refractivity contribution in [2.45, 2.75) is 44.5 Å². The molecule has 21 heavy (non-hydrogen) atoms. The Bertz CT molecular complexity index is 423. The first-order valence-electron chi connectivity index (χ1n) is 7.13. The number of hydrogen-bond acceptors (Lipinski definition) is 2. The molecule has 0 saturated heterocycles. The van der Waals surface area contributed by atoms with Gasteiger partial charge in [-0.15, -0.1) is 0 Å². The molecule has 0 aliphatic heterocycles. The fourth-order valence-corrected chi connectivity index (χ4v) is 4.67. The maximum absolute atomic E-state index is 12.6. The maximum Gasteiger partial charge on any atom is 0.416 e. The predicted molar refractivity (Wildman–Crippen MR) is 79.4 cm³/mol. The summed E-state index contributed by atoms with van der Waals surface area (Å²) >= 11 is 0. The van der Waals surface area contributed by atoms with Gasteiger partial charge in [-0.1, -0.05) is 31.5 Å². The van der Waals surface area contributed by atoms with Gasteiger partial charge in [-0.2, -0.15) is 13.2 Å². The van der Waals surface area contributed by atoms with Crippen molar-refractivity contribution in [3.63, 3.8) is 0 Å². The highest BCUT2D eigenvalue weighted by molar-refractivity contribution is 6.67. The minimum absolute atomic E-state index is 0.578. The SMILES string of the molecule is CC[Si](CCCCc1cccc(C(F)(F)F)c1)(OC)OC. The van der Waals surface area contributed by atoms with E-state index in [-0.39, 0.29) is 0 Å². The molecule has 1 rings (SSSR count). The highest BCUT2D eigenvalue weighted by Gasteiger charge is 2.32. The molecule has 0 radical (unpaired) electrons. The van der Waals surface area contributed by atoms with Crippen LogP contribution in [-0.4, -0.2) is 22.8 Å². The zero-order valence-corrected chi connectivity index (χ0v) is 13.8. The lowest BCUT2D eigenvalue weighted by atomic mass is 10.1. The van der Waals surface area contributed by atoms with Crippen LogP contribution in [0.4, 0.5) is 13.2 Å². The smallest absolute Gasteiger partial charge is 0.398 e. The van der Waals surface area contributed by atoms with Gasteiger partial charge in [0.2, 0.25) is 0 Å². The molecule has 0 aromatic heterocycles. The molecule has 0 N–H and O–H groups in total.